The maximum Gasteiger partial charge on any atom is 0.328 e. The van der Waals surface area contributed by atoms with E-state index >= 15 is 0 Å². The van der Waals surface area contributed by atoms with Gasteiger partial charge in [-0.05, 0) is 34.5 Å². The normalized spacial score (nSPS) is 10.7. The molecule has 0 fully saturated rings. The van der Waals surface area contributed by atoms with E-state index in [0.29, 0.717) is 12.4 Å². The Hall–Kier alpha value is -2.07. The smallest absolute Gasteiger partial charge is 0.328 e. The first-order chi connectivity index (χ1) is 8.75. The van der Waals surface area contributed by atoms with Crippen LogP contribution < -0.4 is 4.74 Å². The molecule has 1 aromatic heterocycles. The van der Waals surface area contributed by atoms with Crippen LogP contribution in [0.25, 0.3) is 6.08 Å². The maximum atomic E-state index is 10.5. The topological polar surface area (TPSA) is 46.5 Å². The van der Waals surface area contributed by atoms with Crippen LogP contribution in [0, 0.1) is 0 Å². The number of hydrogen-bond donors (Lipinski definition) is 1. The Morgan fingerprint density at radius 1 is 1.33 bits per heavy atom. The second-order valence-corrected chi connectivity index (χ2v) is 4.41. The van der Waals surface area contributed by atoms with E-state index in [4.69, 9.17) is 9.84 Å². The molecule has 0 saturated heterocycles. The summed E-state index contributed by atoms with van der Waals surface area (Å²) in [6.45, 7) is 0.488. The van der Waals surface area contributed by atoms with E-state index < -0.39 is 5.97 Å². The Bertz CT molecular complexity index is 544. The molecule has 1 heterocycles. The molecule has 92 valence electrons. The van der Waals surface area contributed by atoms with Crippen molar-refractivity contribution in [3.05, 3.63) is 58.3 Å². The van der Waals surface area contributed by atoms with Gasteiger partial charge in [0, 0.05) is 11.6 Å². The zero-order chi connectivity index (χ0) is 12.8. The van der Waals surface area contributed by atoms with Gasteiger partial charge in [0.15, 0.2) is 0 Å². The largest absolute Gasteiger partial charge is 0.488 e. The average Bonchev–Trinajstić information content (AvgIpc) is 2.88. The Kier molecular flexibility index (Phi) is 4.15. The molecule has 0 aliphatic rings. The Morgan fingerprint density at radius 3 is 2.89 bits per heavy atom. The summed E-state index contributed by atoms with van der Waals surface area (Å²) in [7, 11) is 0. The van der Waals surface area contributed by atoms with Gasteiger partial charge in [-0.2, -0.15) is 11.3 Å². The molecule has 0 saturated carbocycles. The molecule has 1 aromatic carbocycles. The average molecular weight is 260 g/mol. The molecule has 2 rings (SSSR count). The predicted molar refractivity (Wildman–Crippen MR) is 71.8 cm³/mol. The fourth-order valence-electron chi connectivity index (χ4n) is 1.45. The minimum atomic E-state index is -0.970. The summed E-state index contributed by atoms with van der Waals surface area (Å²) >= 11 is 1.62. The van der Waals surface area contributed by atoms with Gasteiger partial charge >= 0.3 is 5.97 Å². The lowest BCUT2D eigenvalue weighted by atomic mass is 10.2. The highest BCUT2D eigenvalue weighted by molar-refractivity contribution is 7.07. The van der Waals surface area contributed by atoms with Crippen molar-refractivity contribution in [3.8, 4) is 5.75 Å². The van der Waals surface area contributed by atoms with Crippen molar-refractivity contribution in [1.82, 2.24) is 0 Å². The molecule has 2 aromatic rings. The number of thiophene rings is 1. The summed E-state index contributed by atoms with van der Waals surface area (Å²) in [4.78, 5) is 10.5. The number of carboxylic acid groups (broad SMARTS) is 1. The van der Waals surface area contributed by atoms with Gasteiger partial charge < -0.3 is 9.84 Å². The van der Waals surface area contributed by atoms with Crippen molar-refractivity contribution in [2.75, 3.05) is 0 Å². The highest BCUT2D eigenvalue weighted by Crippen LogP contribution is 2.21. The monoisotopic (exact) mass is 260 g/mol. The van der Waals surface area contributed by atoms with Crippen molar-refractivity contribution in [3.63, 3.8) is 0 Å². The molecule has 18 heavy (non-hydrogen) atoms. The van der Waals surface area contributed by atoms with Crippen molar-refractivity contribution in [1.29, 1.82) is 0 Å². The van der Waals surface area contributed by atoms with Crippen LogP contribution in [0.5, 0.6) is 5.75 Å². The molecule has 3 nitrogen and oxygen atoms in total. The Balaban J connectivity index is 2.09. The minimum absolute atomic E-state index is 0.488. The second-order valence-electron chi connectivity index (χ2n) is 3.63. The summed E-state index contributed by atoms with van der Waals surface area (Å²) in [6, 6.07) is 9.36. The number of carboxylic acids is 1. The van der Waals surface area contributed by atoms with Crippen LogP contribution in [0.15, 0.2) is 47.2 Å². The van der Waals surface area contributed by atoms with Crippen LogP contribution in [-0.2, 0) is 11.4 Å². The summed E-state index contributed by atoms with van der Waals surface area (Å²) in [5, 5.41) is 12.6. The summed E-state index contributed by atoms with van der Waals surface area (Å²) in [5.41, 5.74) is 1.87. The van der Waals surface area contributed by atoms with Crippen LogP contribution in [-0.4, -0.2) is 11.1 Å². The van der Waals surface area contributed by atoms with Crippen LogP contribution in [0.2, 0.25) is 0 Å². The number of hydrogen-bond acceptors (Lipinski definition) is 3. The van der Waals surface area contributed by atoms with E-state index in [-0.39, 0.29) is 0 Å². The SMILES string of the molecule is O=C(O)/C=C/c1ccccc1OCc1ccsc1. The van der Waals surface area contributed by atoms with Crippen LogP contribution in [0.4, 0.5) is 0 Å². The van der Waals surface area contributed by atoms with Crippen molar-refractivity contribution < 1.29 is 14.6 Å². The van der Waals surface area contributed by atoms with Gasteiger partial charge in [0.05, 0.1) is 0 Å². The van der Waals surface area contributed by atoms with E-state index in [1.165, 1.54) is 6.08 Å². The first-order valence-corrected chi connectivity index (χ1v) is 6.34. The van der Waals surface area contributed by atoms with Gasteiger partial charge in [-0.1, -0.05) is 18.2 Å². The van der Waals surface area contributed by atoms with Gasteiger partial charge in [0.25, 0.3) is 0 Å². The third-order valence-electron chi connectivity index (χ3n) is 2.30. The van der Waals surface area contributed by atoms with E-state index in [1.54, 1.807) is 11.3 Å². The predicted octanol–water partition coefficient (Wildman–Crippen LogP) is 3.42. The number of aliphatic carboxylic acids is 1. The maximum absolute atomic E-state index is 10.5. The van der Waals surface area contributed by atoms with Gasteiger partial charge in [-0.3, -0.25) is 0 Å². The number of para-hydroxylation sites is 1. The highest BCUT2D eigenvalue weighted by atomic mass is 32.1. The Labute approximate surface area is 109 Å². The van der Waals surface area contributed by atoms with E-state index in [2.05, 4.69) is 0 Å². The van der Waals surface area contributed by atoms with Crippen LogP contribution >= 0.6 is 11.3 Å². The standard InChI is InChI=1S/C14H12O3S/c15-14(16)6-5-12-3-1-2-4-13(12)17-9-11-7-8-18-10-11/h1-8,10H,9H2,(H,15,16)/b6-5+. The molecule has 1 N–H and O–H groups in total. The molecule has 0 atom stereocenters. The molecular weight excluding hydrogens is 248 g/mol. The highest BCUT2D eigenvalue weighted by Gasteiger charge is 2.01. The van der Waals surface area contributed by atoms with Crippen LogP contribution in [0.3, 0.4) is 0 Å². The summed E-state index contributed by atoms with van der Waals surface area (Å²) in [6.07, 6.45) is 2.64. The summed E-state index contributed by atoms with van der Waals surface area (Å²) in [5.74, 6) is -0.288. The molecule has 0 radical (unpaired) electrons. The van der Waals surface area contributed by atoms with E-state index in [9.17, 15) is 4.79 Å². The lowest BCUT2D eigenvalue weighted by Crippen LogP contribution is -1.95. The lowest BCUT2D eigenvalue weighted by Gasteiger charge is -2.07. The third-order valence-corrected chi connectivity index (χ3v) is 3.03. The minimum Gasteiger partial charge on any atom is -0.488 e. The zero-order valence-electron chi connectivity index (χ0n) is 9.58. The number of ether oxygens (including phenoxy) is 1. The molecule has 0 amide bonds. The molecule has 0 aliphatic heterocycles. The molecule has 0 aliphatic carbocycles. The first-order valence-electron chi connectivity index (χ1n) is 5.39. The molecule has 0 bridgehead atoms. The van der Waals surface area contributed by atoms with Gasteiger partial charge in [0.2, 0.25) is 0 Å². The van der Waals surface area contributed by atoms with E-state index in [1.807, 2.05) is 41.1 Å². The quantitative estimate of drug-likeness (QED) is 0.838. The van der Waals surface area contributed by atoms with Crippen LogP contribution in [0.1, 0.15) is 11.1 Å². The van der Waals surface area contributed by atoms with E-state index in [0.717, 1.165) is 17.2 Å². The van der Waals surface area contributed by atoms with Crippen molar-refractivity contribution >= 4 is 23.4 Å². The summed E-state index contributed by atoms with van der Waals surface area (Å²) < 4.78 is 5.68. The number of benzene rings is 1. The number of rotatable bonds is 5. The fourth-order valence-corrected chi connectivity index (χ4v) is 2.10. The fraction of sp³-hybridized carbons (Fsp3) is 0.0714. The molecule has 0 spiro atoms. The first kappa shape index (κ1) is 12.4. The second kappa shape index (κ2) is 6.02. The zero-order valence-corrected chi connectivity index (χ0v) is 10.4. The van der Waals surface area contributed by atoms with Crippen molar-refractivity contribution in [2.24, 2.45) is 0 Å². The van der Waals surface area contributed by atoms with Gasteiger partial charge in [-0.15, -0.1) is 0 Å². The lowest BCUT2D eigenvalue weighted by molar-refractivity contribution is -0.131. The van der Waals surface area contributed by atoms with Gasteiger partial charge in [-0.25, -0.2) is 4.79 Å². The van der Waals surface area contributed by atoms with Crippen molar-refractivity contribution in [2.45, 2.75) is 6.61 Å². The van der Waals surface area contributed by atoms with Gasteiger partial charge in [0.1, 0.15) is 12.4 Å². The Morgan fingerprint density at radius 2 is 2.17 bits per heavy atom. The molecular formula is C14H12O3S. The number of carbonyl (C=O) groups is 1. The molecule has 4 heteroatoms. The third kappa shape index (κ3) is 3.46. The molecule has 0 unspecified atom stereocenters.